The molecule has 0 amide bonds. The Morgan fingerprint density at radius 3 is 2.55 bits per heavy atom. The largest absolute Gasteiger partial charge is 0.394 e. The predicted octanol–water partition coefficient (Wildman–Crippen LogP) is -0.917. The first kappa shape index (κ1) is 8.93. The van der Waals surface area contributed by atoms with Gasteiger partial charge in [0, 0.05) is 12.3 Å². The lowest BCUT2D eigenvalue weighted by Gasteiger charge is -2.34. The lowest BCUT2D eigenvalue weighted by atomic mass is 9.95. The van der Waals surface area contributed by atoms with Gasteiger partial charge in [0.1, 0.15) is 0 Å². The first-order chi connectivity index (χ1) is 5.15. The molecule has 1 aliphatic heterocycles. The summed E-state index contributed by atoms with van der Waals surface area (Å²) in [6.45, 7) is 1.56. The molecule has 1 saturated heterocycles. The van der Waals surface area contributed by atoms with Gasteiger partial charge in [-0.2, -0.15) is 0 Å². The van der Waals surface area contributed by atoms with Crippen molar-refractivity contribution >= 4 is 0 Å². The van der Waals surface area contributed by atoms with Crippen molar-refractivity contribution in [3.8, 4) is 0 Å². The Bertz CT molecular complexity index is 116. The molecule has 1 rings (SSSR count). The Balaban J connectivity index is 2.47. The average molecular weight is 162 g/mol. The van der Waals surface area contributed by atoms with Crippen molar-refractivity contribution in [3.63, 3.8) is 0 Å². The van der Waals surface area contributed by atoms with Gasteiger partial charge in [-0.25, -0.2) is 0 Å². The third-order valence-electron chi connectivity index (χ3n) is 2.10. The van der Waals surface area contributed by atoms with Crippen molar-refractivity contribution in [1.82, 2.24) is 0 Å². The van der Waals surface area contributed by atoms with Crippen molar-refractivity contribution in [3.05, 3.63) is 0 Å². The molecular weight excluding hydrogens is 148 g/mol. The Morgan fingerprint density at radius 1 is 1.45 bits per heavy atom. The molecule has 4 nitrogen and oxygen atoms in total. The van der Waals surface area contributed by atoms with E-state index < -0.39 is 18.5 Å². The summed E-state index contributed by atoms with van der Waals surface area (Å²) in [4.78, 5) is 0. The van der Waals surface area contributed by atoms with Crippen LogP contribution in [0.5, 0.6) is 0 Å². The van der Waals surface area contributed by atoms with Crippen LogP contribution in [0.1, 0.15) is 13.3 Å². The number of hydrogen-bond donors (Lipinski definition) is 3. The van der Waals surface area contributed by atoms with Crippen molar-refractivity contribution in [2.45, 2.75) is 31.8 Å². The third kappa shape index (κ3) is 1.90. The van der Waals surface area contributed by atoms with E-state index in [9.17, 15) is 5.11 Å². The van der Waals surface area contributed by atoms with Crippen molar-refractivity contribution < 1.29 is 20.1 Å². The van der Waals surface area contributed by atoms with Gasteiger partial charge in [0.25, 0.3) is 0 Å². The van der Waals surface area contributed by atoms with Gasteiger partial charge in [-0.1, -0.05) is 6.92 Å². The minimum absolute atomic E-state index is 0.152. The zero-order valence-electron chi connectivity index (χ0n) is 6.47. The van der Waals surface area contributed by atoms with Crippen LogP contribution in [-0.2, 0) is 4.74 Å². The highest BCUT2D eigenvalue weighted by Crippen LogP contribution is 2.23. The highest BCUT2D eigenvalue weighted by molar-refractivity contribution is 4.77. The molecule has 4 heteroatoms. The molecule has 1 heterocycles. The van der Waals surface area contributed by atoms with E-state index in [0.29, 0.717) is 6.42 Å². The van der Waals surface area contributed by atoms with Crippen LogP contribution < -0.4 is 0 Å². The minimum atomic E-state index is -0.948. The van der Waals surface area contributed by atoms with Crippen LogP contribution in [0.3, 0.4) is 0 Å². The summed E-state index contributed by atoms with van der Waals surface area (Å²) in [5.41, 5.74) is 0. The highest BCUT2D eigenvalue weighted by Gasteiger charge is 2.33. The molecule has 1 fully saturated rings. The fourth-order valence-electron chi connectivity index (χ4n) is 1.17. The SMILES string of the molecule is C[C@@H]1C(O)C[C@@H](CO)OC1O. The van der Waals surface area contributed by atoms with Gasteiger partial charge in [0.05, 0.1) is 18.8 Å². The van der Waals surface area contributed by atoms with E-state index in [0.717, 1.165) is 0 Å². The summed E-state index contributed by atoms with van der Waals surface area (Å²) < 4.78 is 4.96. The quantitative estimate of drug-likeness (QED) is 0.466. The maximum Gasteiger partial charge on any atom is 0.160 e. The predicted molar refractivity (Wildman–Crippen MR) is 37.8 cm³/mol. The topological polar surface area (TPSA) is 69.9 Å². The third-order valence-corrected chi connectivity index (χ3v) is 2.10. The molecule has 0 radical (unpaired) electrons. The first-order valence-electron chi connectivity index (χ1n) is 3.77. The lowest BCUT2D eigenvalue weighted by Crippen LogP contribution is -2.43. The molecule has 66 valence electrons. The van der Waals surface area contributed by atoms with Gasteiger partial charge >= 0.3 is 0 Å². The summed E-state index contributed by atoms with van der Waals surface area (Å²) >= 11 is 0. The maximum absolute atomic E-state index is 9.30. The second kappa shape index (κ2) is 3.49. The molecule has 0 aromatic heterocycles. The van der Waals surface area contributed by atoms with E-state index in [2.05, 4.69) is 0 Å². The Hall–Kier alpha value is -0.160. The van der Waals surface area contributed by atoms with Gasteiger partial charge in [-0.15, -0.1) is 0 Å². The zero-order chi connectivity index (χ0) is 8.43. The summed E-state index contributed by atoms with van der Waals surface area (Å²) in [5, 5.41) is 27.1. The average Bonchev–Trinajstić information content (AvgIpc) is 1.99. The zero-order valence-corrected chi connectivity index (χ0v) is 6.47. The van der Waals surface area contributed by atoms with E-state index >= 15 is 0 Å². The van der Waals surface area contributed by atoms with Crippen LogP contribution in [0.2, 0.25) is 0 Å². The summed E-state index contributed by atoms with van der Waals surface area (Å²) in [6.07, 6.45) is -1.54. The normalized spacial score (nSPS) is 45.8. The molecule has 4 atom stereocenters. The van der Waals surface area contributed by atoms with Crippen molar-refractivity contribution in [1.29, 1.82) is 0 Å². The summed E-state index contributed by atoms with van der Waals surface area (Å²) in [7, 11) is 0. The summed E-state index contributed by atoms with van der Waals surface area (Å²) in [5.74, 6) is -0.266. The van der Waals surface area contributed by atoms with E-state index in [4.69, 9.17) is 14.9 Å². The Kier molecular flexibility index (Phi) is 2.84. The van der Waals surface area contributed by atoms with Gasteiger partial charge in [-0.05, 0) is 0 Å². The number of rotatable bonds is 1. The molecule has 0 aliphatic carbocycles. The summed E-state index contributed by atoms with van der Waals surface area (Å²) in [6, 6.07) is 0. The van der Waals surface area contributed by atoms with Crippen LogP contribution in [0.25, 0.3) is 0 Å². The molecule has 0 bridgehead atoms. The van der Waals surface area contributed by atoms with E-state index in [-0.39, 0.29) is 12.5 Å². The standard InChI is InChI=1S/C7H14O4/c1-4-6(9)2-5(3-8)11-7(4)10/h4-10H,2-3H2,1H3/t4-,5+,6?,7?/m1/s1. The molecule has 11 heavy (non-hydrogen) atoms. The molecular formula is C7H14O4. The second-order valence-electron chi connectivity index (χ2n) is 2.99. The highest BCUT2D eigenvalue weighted by atomic mass is 16.6. The number of aliphatic hydroxyl groups excluding tert-OH is 3. The molecule has 2 unspecified atom stereocenters. The second-order valence-corrected chi connectivity index (χ2v) is 2.99. The van der Waals surface area contributed by atoms with E-state index in [1.54, 1.807) is 6.92 Å². The lowest BCUT2D eigenvalue weighted by molar-refractivity contribution is -0.226. The van der Waals surface area contributed by atoms with Crippen LogP contribution in [0.4, 0.5) is 0 Å². The molecule has 0 spiro atoms. The molecule has 0 aromatic rings. The van der Waals surface area contributed by atoms with Crippen molar-refractivity contribution in [2.24, 2.45) is 5.92 Å². The van der Waals surface area contributed by atoms with Crippen LogP contribution in [0, 0.1) is 5.92 Å². The van der Waals surface area contributed by atoms with Gasteiger partial charge < -0.3 is 20.1 Å². The smallest absolute Gasteiger partial charge is 0.160 e. The number of hydrogen-bond acceptors (Lipinski definition) is 4. The number of ether oxygens (including phenoxy) is 1. The number of aliphatic hydroxyl groups is 3. The molecule has 1 aliphatic rings. The van der Waals surface area contributed by atoms with Crippen LogP contribution >= 0.6 is 0 Å². The van der Waals surface area contributed by atoms with Crippen LogP contribution in [0.15, 0.2) is 0 Å². The molecule has 3 N–H and O–H groups in total. The van der Waals surface area contributed by atoms with E-state index in [1.807, 2.05) is 0 Å². The van der Waals surface area contributed by atoms with Gasteiger partial charge in [-0.3, -0.25) is 0 Å². The molecule has 0 saturated carbocycles. The minimum Gasteiger partial charge on any atom is -0.394 e. The Morgan fingerprint density at radius 2 is 2.09 bits per heavy atom. The van der Waals surface area contributed by atoms with Gasteiger partial charge in [0.2, 0.25) is 0 Å². The molecule has 0 aromatic carbocycles. The maximum atomic E-state index is 9.30. The first-order valence-corrected chi connectivity index (χ1v) is 3.77. The van der Waals surface area contributed by atoms with Crippen molar-refractivity contribution in [2.75, 3.05) is 6.61 Å². The Labute approximate surface area is 65.4 Å². The van der Waals surface area contributed by atoms with E-state index in [1.165, 1.54) is 0 Å². The fraction of sp³-hybridized carbons (Fsp3) is 1.00. The fourth-order valence-corrected chi connectivity index (χ4v) is 1.17. The monoisotopic (exact) mass is 162 g/mol. The van der Waals surface area contributed by atoms with Crippen LogP contribution in [-0.4, -0.2) is 40.4 Å². The van der Waals surface area contributed by atoms with Gasteiger partial charge in [0.15, 0.2) is 6.29 Å².